The van der Waals surface area contributed by atoms with E-state index in [1.165, 1.54) is 15.6 Å². The summed E-state index contributed by atoms with van der Waals surface area (Å²) in [6, 6.07) is 14.0. The summed E-state index contributed by atoms with van der Waals surface area (Å²) in [5.74, 6) is 0.163. The summed E-state index contributed by atoms with van der Waals surface area (Å²) in [5.41, 5.74) is 1.36. The first-order chi connectivity index (χ1) is 13.8. The van der Waals surface area contributed by atoms with Gasteiger partial charge in [0.25, 0.3) is 5.91 Å². The molecule has 150 valence electrons. The molecule has 0 aliphatic rings. The minimum atomic E-state index is -0.488. The Morgan fingerprint density at radius 3 is 2.66 bits per heavy atom. The highest BCUT2D eigenvalue weighted by molar-refractivity contribution is 9.10. The molecule has 0 unspecified atom stereocenters. The lowest BCUT2D eigenvalue weighted by atomic mass is 10.2. The smallest absolute Gasteiger partial charge is 0.278 e. The molecule has 0 bridgehead atoms. The lowest BCUT2D eigenvalue weighted by Crippen LogP contribution is -2.33. The van der Waals surface area contributed by atoms with Gasteiger partial charge in [-0.25, -0.2) is 4.68 Å². The number of carbonyl (C=O) groups excluding carboxylic acids is 1. The number of para-hydroxylation sites is 1. The number of amides is 1. The molecule has 0 radical (unpaired) electrons. The van der Waals surface area contributed by atoms with Crippen LogP contribution in [0.15, 0.2) is 57.8 Å². The summed E-state index contributed by atoms with van der Waals surface area (Å²) in [7, 11) is 3.18. The second-order valence-corrected chi connectivity index (χ2v) is 7.80. The minimum absolute atomic E-state index is 0.174. The van der Waals surface area contributed by atoms with E-state index >= 15 is 0 Å². The van der Waals surface area contributed by atoms with Gasteiger partial charge in [0.1, 0.15) is 5.75 Å². The molecule has 0 N–H and O–H groups in total. The summed E-state index contributed by atoms with van der Waals surface area (Å²) >= 11 is 9.69. The van der Waals surface area contributed by atoms with Crippen molar-refractivity contribution in [2.75, 3.05) is 14.2 Å². The first-order valence-corrected chi connectivity index (χ1v) is 9.92. The van der Waals surface area contributed by atoms with E-state index in [1.807, 2.05) is 24.3 Å². The third-order valence-electron chi connectivity index (χ3n) is 4.39. The van der Waals surface area contributed by atoms with Crippen molar-refractivity contribution in [2.45, 2.75) is 13.5 Å². The fourth-order valence-corrected chi connectivity index (χ4v) is 3.57. The van der Waals surface area contributed by atoms with Gasteiger partial charge in [-0.05, 0) is 37.3 Å². The van der Waals surface area contributed by atoms with Crippen molar-refractivity contribution in [1.29, 1.82) is 0 Å². The summed E-state index contributed by atoms with van der Waals surface area (Å²) < 4.78 is 7.73. The lowest BCUT2D eigenvalue weighted by molar-refractivity contribution is 0.0775. The van der Waals surface area contributed by atoms with E-state index in [2.05, 4.69) is 21.0 Å². The van der Waals surface area contributed by atoms with E-state index in [0.29, 0.717) is 22.2 Å². The molecule has 29 heavy (non-hydrogen) atoms. The maximum atomic E-state index is 13.0. The van der Waals surface area contributed by atoms with Crippen molar-refractivity contribution in [3.05, 3.63) is 85.2 Å². The van der Waals surface area contributed by atoms with Crippen molar-refractivity contribution in [3.8, 4) is 11.4 Å². The Morgan fingerprint density at radius 2 is 1.97 bits per heavy atom. The summed E-state index contributed by atoms with van der Waals surface area (Å²) in [4.78, 5) is 26.9. The zero-order chi connectivity index (χ0) is 21.1. The van der Waals surface area contributed by atoms with Crippen LogP contribution in [0.4, 0.5) is 0 Å². The van der Waals surface area contributed by atoms with Crippen LogP contribution >= 0.6 is 27.5 Å². The first-order valence-electron chi connectivity index (χ1n) is 8.75. The van der Waals surface area contributed by atoms with Crippen LogP contribution in [0, 0.1) is 6.92 Å². The van der Waals surface area contributed by atoms with Gasteiger partial charge in [-0.2, -0.15) is 5.10 Å². The Balaban J connectivity index is 1.97. The number of benzene rings is 2. The number of nitrogens with zero attached hydrogens (tertiary/aromatic N) is 3. The van der Waals surface area contributed by atoms with Gasteiger partial charge in [0.15, 0.2) is 5.69 Å². The molecule has 0 saturated carbocycles. The third kappa shape index (κ3) is 4.52. The van der Waals surface area contributed by atoms with Gasteiger partial charge in [0, 0.05) is 35.4 Å². The molecular formula is C21H19BrClN3O3. The number of ether oxygens (including phenoxy) is 1. The largest absolute Gasteiger partial charge is 0.496 e. The number of aromatic nitrogens is 2. The number of hydrogen-bond acceptors (Lipinski definition) is 4. The van der Waals surface area contributed by atoms with Crippen LogP contribution in [0.5, 0.6) is 5.75 Å². The molecule has 0 atom stereocenters. The normalized spacial score (nSPS) is 10.7. The third-order valence-corrected chi connectivity index (χ3v) is 5.20. The molecule has 0 fully saturated rings. The topological polar surface area (TPSA) is 64.4 Å². The number of carbonyl (C=O) groups is 1. The van der Waals surface area contributed by atoms with Crippen molar-refractivity contribution < 1.29 is 9.53 Å². The maximum Gasteiger partial charge on any atom is 0.278 e. The fraction of sp³-hybridized carbons (Fsp3) is 0.190. The SMILES string of the molecule is COc1ccc(Br)cc1CN(C)C(=O)c1nn(-c2ccccc2Cl)c(C)cc1=O. The van der Waals surface area contributed by atoms with Crippen molar-refractivity contribution in [3.63, 3.8) is 0 Å². The molecule has 3 rings (SSSR count). The lowest BCUT2D eigenvalue weighted by Gasteiger charge is -2.19. The van der Waals surface area contributed by atoms with Crippen LogP contribution in [0.2, 0.25) is 5.02 Å². The van der Waals surface area contributed by atoms with Gasteiger partial charge in [-0.1, -0.05) is 39.7 Å². The molecule has 0 aliphatic heterocycles. The summed E-state index contributed by atoms with van der Waals surface area (Å²) in [6.45, 7) is 1.99. The van der Waals surface area contributed by atoms with Gasteiger partial charge < -0.3 is 9.64 Å². The van der Waals surface area contributed by atoms with Crippen molar-refractivity contribution >= 4 is 33.4 Å². The number of halogens is 2. The van der Waals surface area contributed by atoms with E-state index in [0.717, 1.165) is 10.0 Å². The molecule has 1 heterocycles. The Morgan fingerprint density at radius 1 is 1.24 bits per heavy atom. The Hall–Kier alpha value is -2.64. The Bertz CT molecular complexity index is 1130. The zero-order valence-corrected chi connectivity index (χ0v) is 18.5. The molecule has 2 aromatic carbocycles. The number of hydrogen-bond donors (Lipinski definition) is 0. The first kappa shape index (κ1) is 21.1. The molecule has 0 spiro atoms. The Labute approximate surface area is 181 Å². The number of methoxy groups -OCH3 is 1. The highest BCUT2D eigenvalue weighted by atomic mass is 79.9. The van der Waals surface area contributed by atoms with Crippen LogP contribution in [-0.2, 0) is 6.54 Å². The highest BCUT2D eigenvalue weighted by Crippen LogP contribution is 2.24. The number of aryl methyl sites for hydroxylation is 1. The van der Waals surface area contributed by atoms with Crippen molar-refractivity contribution in [2.24, 2.45) is 0 Å². The summed E-state index contributed by atoms with van der Waals surface area (Å²) in [5, 5.41) is 4.78. The van der Waals surface area contributed by atoms with Gasteiger partial charge in [0.05, 0.1) is 17.8 Å². The molecule has 3 aromatic rings. The van der Waals surface area contributed by atoms with Gasteiger partial charge >= 0.3 is 0 Å². The van der Waals surface area contributed by atoms with Gasteiger partial charge in [0.2, 0.25) is 5.43 Å². The predicted octanol–water partition coefficient (Wildman–Crippen LogP) is 4.24. The quantitative estimate of drug-likeness (QED) is 0.553. The zero-order valence-electron chi connectivity index (χ0n) is 16.1. The maximum absolute atomic E-state index is 13.0. The van der Waals surface area contributed by atoms with Crippen LogP contribution in [0.25, 0.3) is 5.69 Å². The molecule has 1 amide bonds. The van der Waals surface area contributed by atoms with Crippen LogP contribution in [-0.4, -0.2) is 34.7 Å². The van der Waals surface area contributed by atoms with Crippen LogP contribution in [0.3, 0.4) is 0 Å². The van der Waals surface area contributed by atoms with Gasteiger partial charge in [-0.3, -0.25) is 9.59 Å². The van der Waals surface area contributed by atoms with E-state index in [9.17, 15) is 9.59 Å². The second-order valence-electron chi connectivity index (χ2n) is 6.48. The molecular weight excluding hydrogens is 458 g/mol. The monoisotopic (exact) mass is 475 g/mol. The molecule has 1 aromatic heterocycles. The molecule has 0 aliphatic carbocycles. The Kier molecular flexibility index (Phi) is 6.39. The highest BCUT2D eigenvalue weighted by Gasteiger charge is 2.21. The van der Waals surface area contributed by atoms with E-state index in [1.54, 1.807) is 39.3 Å². The molecule has 8 heteroatoms. The van der Waals surface area contributed by atoms with Crippen LogP contribution in [0.1, 0.15) is 21.7 Å². The number of rotatable bonds is 5. The summed E-state index contributed by atoms with van der Waals surface area (Å²) in [6.07, 6.45) is 0. The minimum Gasteiger partial charge on any atom is -0.496 e. The van der Waals surface area contributed by atoms with E-state index < -0.39 is 11.3 Å². The van der Waals surface area contributed by atoms with E-state index in [4.69, 9.17) is 16.3 Å². The van der Waals surface area contributed by atoms with Crippen molar-refractivity contribution in [1.82, 2.24) is 14.7 Å². The molecule has 0 saturated heterocycles. The van der Waals surface area contributed by atoms with E-state index in [-0.39, 0.29) is 12.2 Å². The van der Waals surface area contributed by atoms with Crippen LogP contribution < -0.4 is 10.2 Å². The second kappa shape index (κ2) is 8.80. The van der Waals surface area contributed by atoms with Gasteiger partial charge in [-0.15, -0.1) is 0 Å². The average molecular weight is 477 g/mol. The molecule has 6 nitrogen and oxygen atoms in total. The average Bonchev–Trinajstić information content (AvgIpc) is 2.68. The predicted molar refractivity (Wildman–Crippen MR) is 116 cm³/mol. The fourth-order valence-electron chi connectivity index (χ4n) is 2.94. The standard InChI is InChI=1S/C21H19BrClN3O3/c1-13-10-18(27)20(24-26(13)17-7-5-4-6-16(17)23)21(28)25(2)12-14-11-15(22)8-9-19(14)29-3/h4-11H,12H2,1-3H3.